The first-order valence-electron chi connectivity index (χ1n) is 2.93. The second kappa shape index (κ2) is 5.33. The Morgan fingerprint density at radius 3 is 1.55 bits per heavy atom. The SMILES string of the molecule is O=NC(=O)CCCC(=O)N=O. The Balaban J connectivity index is 3.41. The minimum Gasteiger partial charge on any atom is -0.269 e. The lowest BCUT2D eigenvalue weighted by Crippen LogP contribution is -1.96. The van der Waals surface area contributed by atoms with E-state index >= 15 is 0 Å². The van der Waals surface area contributed by atoms with Gasteiger partial charge in [0.05, 0.1) is 0 Å². The zero-order valence-corrected chi connectivity index (χ0v) is 5.65. The molecule has 11 heavy (non-hydrogen) atoms. The van der Waals surface area contributed by atoms with Crippen LogP contribution < -0.4 is 0 Å². The van der Waals surface area contributed by atoms with E-state index in [0.29, 0.717) is 0 Å². The molecule has 0 aliphatic rings. The van der Waals surface area contributed by atoms with Crippen molar-refractivity contribution in [3.05, 3.63) is 9.81 Å². The Bertz CT molecular complexity index is 169. The normalized spacial score (nSPS) is 8.73. The molecule has 6 heteroatoms. The molecule has 0 aromatic carbocycles. The van der Waals surface area contributed by atoms with Crippen molar-refractivity contribution >= 4 is 11.8 Å². The van der Waals surface area contributed by atoms with E-state index in [9.17, 15) is 19.4 Å². The highest BCUT2D eigenvalue weighted by Crippen LogP contribution is 1.98. The summed E-state index contributed by atoms with van der Waals surface area (Å²) < 4.78 is 0. The molecule has 0 atom stereocenters. The highest BCUT2D eigenvalue weighted by Gasteiger charge is 2.04. The predicted molar refractivity (Wildman–Crippen MR) is 35.5 cm³/mol. The zero-order valence-electron chi connectivity index (χ0n) is 5.65. The fourth-order valence-corrected chi connectivity index (χ4v) is 0.482. The molecule has 0 saturated heterocycles. The van der Waals surface area contributed by atoms with Gasteiger partial charge in [-0.05, 0) is 6.42 Å². The van der Waals surface area contributed by atoms with E-state index in [-0.39, 0.29) is 19.3 Å². The largest absolute Gasteiger partial charge is 0.286 e. The standard InChI is InChI=1S/C5H6N2O4/c8-4(6-10)2-1-3-5(9)7-11/h1-3H2. The first-order valence-corrected chi connectivity index (χ1v) is 2.93. The summed E-state index contributed by atoms with van der Waals surface area (Å²) in [6.45, 7) is 0. The van der Waals surface area contributed by atoms with Gasteiger partial charge in [0.1, 0.15) is 0 Å². The van der Waals surface area contributed by atoms with Crippen LogP contribution >= 0.6 is 0 Å². The molecule has 0 aliphatic heterocycles. The molecule has 2 amide bonds. The lowest BCUT2D eigenvalue weighted by Gasteiger charge is -1.87. The maximum absolute atomic E-state index is 10.2. The molecule has 60 valence electrons. The summed E-state index contributed by atoms with van der Waals surface area (Å²) in [6.07, 6.45) is -0.0648. The quantitative estimate of drug-likeness (QED) is 0.564. The van der Waals surface area contributed by atoms with Crippen LogP contribution in [-0.2, 0) is 9.59 Å². The number of nitroso groups, excluding NO2 is 2. The molecule has 0 fully saturated rings. The van der Waals surface area contributed by atoms with Crippen LogP contribution in [-0.4, -0.2) is 11.8 Å². The monoisotopic (exact) mass is 158 g/mol. The van der Waals surface area contributed by atoms with E-state index in [4.69, 9.17) is 0 Å². The third-order valence-electron chi connectivity index (χ3n) is 0.985. The Hall–Kier alpha value is -1.46. The third-order valence-corrected chi connectivity index (χ3v) is 0.985. The Kier molecular flexibility index (Phi) is 4.63. The molecule has 0 bridgehead atoms. The van der Waals surface area contributed by atoms with Crippen LogP contribution in [0.25, 0.3) is 0 Å². The first-order chi connectivity index (χ1) is 5.20. The van der Waals surface area contributed by atoms with Gasteiger partial charge in [-0.2, -0.15) is 0 Å². The molecule has 0 spiro atoms. The Labute approximate surface area is 61.9 Å². The molecule has 6 nitrogen and oxygen atoms in total. The number of carbonyl (C=O) groups excluding carboxylic acids is 2. The molecule has 0 heterocycles. The Morgan fingerprint density at radius 1 is 0.909 bits per heavy atom. The van der Waals surface area contributed by atoms with Crippen molar-refractivity contribution in [3.63, 3.8) is 0 Å². The van der Waals surface area contributed by atoms with Gasteiger partial charge >= 0.3 is 0 Å². The lowest BCUT2D eigenvalue weighted by molar-refractivity contribution is -0.119. The Morgan fingerprint density at radius 2 is 1.27 bits per heavy atom. The summed E-state index contributed by atoms with van der Waals surface area (Å²) >= 11 is 0. The van der Waals surface area contributed by atoms with Crippen molar-refractivity contribution in [1.82, 2.24) is 0 Å². The number of rotatable bonds is 4. The second-order valence-electron chi connectivity index (χ2n) is 1.82. The van der Waals surface area contributed by atoms with E-state index < -0.39 is 11.8 Å². The minimum absolute atomic E-state index is 0.106. The average molecular weight is 158 g/mol. The van der Waals surface area contributed by atoms with E-state index in [1.165, 1.54) is 0 Å². The maximum Gasteiger partial charge on any atom is 0.286 e. The number of nitrogens with zero attached hydrogens (tertiary/aromatic N) is 2. The van der Waals surface area contributed by atoms with Crippen LogP contribution in [0.1, 0.15) is 19.3 Å². The number of hydrogen-bond acceptors (Lipinski definition) is 4. The van der Waals surface area contributed by atoms with Crippen molar-refractivity contribution in [2.75, 3.05) is 0 Å². The van der Waals surface area contributed by atoms with Crippen LogP contribution in [0.15, 0.2) is 10.4 Å². The van der Waals surface area contributed by atoms with Crippen molar-refractivity contribution in [2.45, 2.75) is 19.3 Å². The summed E-state index contributed by atoms with van der Waals surface area (Å²) in [5.74, 6) is -1.63. The first kappa shape index (κ1) is 9.54. The summed E-state index contributed by atoms with van der Waals surface area (Å²) in [5, 5.41) is 4.20. The zero-order chi connectivity index (χ0) is 8.69. The van der Waals surface area contributed by atoms with Crippen molar-refractivity contribution < 1.29 is 9.59 Å². The van der Waals surface area contributed by atoms with E-state index in [2.05, 4.69) is 10.4 Å². The molecule has 0 radical (unpaired) electrons. The van der Waals surface area contributed by atoms with Crippen LogP contribution in [0.2, 0.25) is 0 Å². The van der Waals surface area contributed by atoms with Crippen LogP contribution in [0.4, 0.5) is 0 Å². The van der Waals surface area contributed by atoms with E-state index in [1.807, 2.05) is 0 Å². The fraction of sp³-hybridized carbons (Fsp3) is 0.600. The van der Waals surface area contributed by atoms with E-state index in [0.717, 1.165) is 0 Å². The smallest absolute Gasteiger partial charge is 0.269 e. The van der Waals surface area contributed by atoms with Gasteiger partial charge in [0.25, 0.3) is 11.8 Å². The number of amides is 2. The molecule has 0 aromatic rings. The molecular formula is C5H6N2O4. The van der Waals surface area contributed by atoms with Gasteiger partial charge in [-0.3, -0.25) is 9.59 Å². The minimum atomic E-state index is -0.816. The van der Waals surface area contributed by atoms with Gasteiger partial charge in [-0.25, -0.2) is 0 Å². The molecule has 0 unspecified atom stereocenters. The molecule has 0 rings (SSSR count). The summed E-state index contributed by atoms with van der Waals surface area (Å²) in [6, 6.07) is 0. The summed E-state index contributed by atoms with van der Waals surface area (Å²) in [5.41, 5.74) is 0. The lowest BCUT2D eigenvalue weighted by atomic mass is 10.2. The van der Waals surface area contributed by atoms with Crippen LogP contribution in [0, 0.1) is 9.81 Å². The van der Waals surface area contributed by atoms with Crippen molar-refractivity contribution in [3.8, 4) is 0 Å². The van der Waals surface area contributed by atoms with Crippen LogP contribution in [0.5, 0.6) is 0 Å². The second-order valence-corrected chi connectivity index (χ2v) is 1.82. The maximum atomic E-state index is 10.2. The molecule has 0 N–H and O–H groups in total. The van der Waals surface area contributed by atoms with Gasteiger partial charge in [0.2, 0.25) is 0 Å². The molecular weight excluding hydrogens is 152 g/mol. The van der Waals surface area contributed by atoms with Crippen LogP contribution in [0.3, 0.4) is 0 Å². The highest BCUT2D eigenvalue weighted by molar-refractivity contribution is 5.79. The predicted octanol–water partition coefficient (Wildman–Crippen LogP) is 0.743. The van der Waals surface area contributed by atoms with Gasteiger partial charge in [-0.1, -0.05) is 0 Å². The summed E-state index contributed by atoms with van der Waals surface area (Å²) in [7, 11) is 0. The van der Waals surface area contributed by atoms with Gasteiger partial charge in [0, 0.05) is 23.2 Å². The molecule has 0 saturated carbocycles. The third kappa shape index (κ3) is 5.01. The van der Waals surface area contributed by atoms with Gasteiger partial charge in [-0.15, -0.1) is 9.81 Å². The average Bonchev–Trinajstić information content (AvgIpc) is 2.04. The topological polar surface area (TPSA) is 93.0 Å². The van der Waals surface area contributed by atoms with Crippen molar-refractivity contribution in [2.24, 2.45) is 10.4 Å². The number of hydrogen-bond donors (Lipinski definition) is 0. The highest BCUT2D eigenvalue weighted by atomic mass is 16.3. The summed E-state index contributed by atoms with van der Waals surface area (Å²) in [4.78, 5) is 39.3. The molecule has 0 aromatic heterocycles. The van der Waals surface area contributed by atoms with Gasteiger partial charge < -0.3 is 0 Å². The van der Waals surface area contributed by atoms with Crippen molar-refractivity contribution in [1.29, 1.82) is 0 Å². The fourth-order valence-electron chi connectivity index (χ4n) is 0.482. The number of carbonyl (C=O) groups is 2. The molecule has 0 aliphatic carbocycles. The van der Waals surface area contributed by atoms with E-state index in [1.54, 1.807) is 0 Å². The van der Waals surface area contributed by atoms with Gasteiger partial charge in [0.15, 0.2) is 0 Å².